The fourth-order valence-electron chi connectivity index (χ4n) is 1.65. The molecule has 0 fully saturated rings. The Labute approximate surface area is 92.2 Å². The Balaban J connectivity index is 2.94. The maximum absolute atomic E-state index is 9.88. The van der Waals surface area contributed by atoms with E-state index in [9.17, 15) is 5.21 Å². The lowest BCUT2D eigenvalue weighted by molar-refractivity contribution is 0.167. The first-order chi connectivity index (χ1) is 7.72. The molecule has 6 heteroatoms. The van der Waals surface area contributed by atoms with E-state index in [2.05, 4.69) is 15.6 Å². The highest BCUT2D eigenvalue weighted by atomic mass is 16.5. The van der Waals surface area contributed by atoms with Gasteiger partial charge in [-0.25, -0.2) is 4.99 Å². The zero-order chi connectivity index (χ0) is 11.7. The number of nitrogens with one attached hydrogen (secondary N) is 2. The van der Waals surface area contributed by atoms with Crippen LogP contribution in [0.5, 0.6) is 0 Å². The minimum atomic E-state index is 0.161. The Morgan fingerprint density at radius 2 is 1.88 bits per heavy atom. The van der Waals surface area contributed by atoms with Crippen LogP contribution in [0.2, 0.25) is 0 Å². The van der Waals surface area contributed by atoms with Crippen LogP contribution >= 0.6 is 0 Å². The quantitative estimate of drug-likeness (QED) is 0.665. The lowest BCUT2D eigenvalue weighted by Gasteiger charge is -2.05. The van der Waals surface area contributed by atoms with Gasteiger partial charge in [-0.05, 0) is 12.1 Å². The number of aromatic nitrogens is 1. The molecule has 0 aliphatic rings. The number of hydrogen-bond donors (Lipinski definition) is 3. The molecule has 1 aromatic carbocycles. The number of hydrogen-bond acceptors (Lipinski definition) is 5. The zero-order valence-corrected chi connectivity index (χ0v) is 9.40. The second kappa shape index (κ2) is 3.80. The van der Waals surface area contributed by atoms with Crippen LogP contribution in [-0.2, 0) is 0 Å². The molecule has 0 unspecified atom stereocenters. The first-order valence-corrected chi connectivity index (χ1v) is 4.89. The zero-order valence-electron chi connectivity index (χ0n) is 9.40. The van der Waals surface area contributed by atoms with E-state index in [0.717, 1.165) is 16.1 Å². The maximum Gasteiger partial charge on any atom is 0.331 e. The Kier molecular flexibility index (Phi) is 2.47. The first-order valence-electron chi connectivity index (χ1n) is 4.89. The molecule has 1 aromatic heterocycles. The van der Waals surface area contributed by atoms with Crippen LogP contribution in [0.3, 0.4) is 0 Å². The lowest BCUT2D eigenvalue weighted by Crippen LogP contribution is -2.12. The van der Waals surface area contributed by atoms with Crippen molar-refractivity contribution >= 4 is 22.5 Å². The summed E-state index contributed by atoms with van der Waals surface area (Å²) >= 11 is 0. The van der Waals surface area contributed by atoms with Crippen LogP contribution in [0.15, 0.2) is 21.5 Å². The molecule has 86 valence electrons. The molecule has 0 saturated carbocycles. The second-order valence-corrected chi connectivity index (χ2v) is 3.26. The fraction of sp³-hybridized carbons (Fsp3) is 0.300. The molecule has 0 radical (unpaired) electrons. The monoisotopic (exact) mass is 222 g/mol. The highest BCUT2D eigenvalue weighted by Gasteiger charge is 2.14. The summed E-state index contributed by atoms with van der Waals surface area (Å²) < 4.78 is 6.39. The van der Waals surface area contributed by atoms with Gasteiger partial charge < -0.3 is 20.3 Å². The average Bonchev–Trinajstić information content (AvgIpc) is 2.66. The Morgan fingerprint density at radius 1 is 1.25 bits per heavy atom. The minimum absolute atomic E-state index is 0.161. The summed E-state index contributed by atoms with van der Waals surface area (Å²) in [6.45, 7) is 0. The van der Waals surface area contributed by atoms with E-state index in [4.69, 9.17) is 4.42 Å². The lowest BCUT2D eigenvalue weighted by atomic mass is 10.2. The summed E-state index contributed by atoms with van der Waals surface area (Å²) in [6.07, 6.45) is 0. The van der Waals surface area contributed by atoms with E-state index < -0.39 is 0 Å². The molecule has 1 heterocycles. The number of nitrogens with zero attached hydrogens (tertiary/aromatic N) is 2. The van der Waals surface area contributed by atoms with Gasteiger partial charge in [0.25, 0.3) is 0 Å². The fourth-order valence-corrected chi connectivity index (χ4v) is 1.65. The van der Waals surface area contributed by atoms with E-state index in [1.165, 1.54) is 0 Å². The van der Waals surface area contributed by atoms with E-state index in [-0.39, 0.29) is 5.68 Å². The first kappa shape index (κ1) is 10.4. The summed E-state index contributed by atoms with van der Waals surface area (Å²) in [5, 5.41) is 15.9. The van der Waals surface area contributed by atoms with E-state index in [1.54, 1.807) is 21.1 Å². The highest BCUT2D eigenvalue weighted by molar-refractivity contribution is 5.95. The maximum atomic E-state index is 9.88. The van der Waals surface area contributed by atoms with Gasteiger partial charge in [0.1, 0.15) is 0 Å². The van der Waals surface area contributed by atoms with Crippen molar-refractivity contribution in [2.24, 2.45) is 4.99 Å². The van der Waals surface area contributed by atoms with Crippen LogP contribution in [0.25, 0.3) is 11.1 Å². The standard InChI is InChI=1S/C10H14N4O2/c1-11-6-4-5-7(12-2)9-8(6)14(15)10(13-3)16-9/h4-5,11-12,15H,1-3H3. The molecule has 2 aromatic rings. The molecule has 0 bridgehead atoms. The molecule has 6 nitrogen and oxygen atoms in total. The minimum Gasteiger partial charge on any atom is -0.423 e. The molecular formula is C10H14N4O2. The van der Waals surface area contributed by atoms with Gasteiger partial charge in [0.05, 0.1) is 11.4 Å². The number of oxazole rings is 1. The molecule has 0 saturated heterocycles. The van der Waals surface area contributed by atoms with Crippen LogP contribution in [0.4, 0.5) is 11.4 Å². The Morgan fingerprint density at radius 3 is 2.44 bits per heavy atom. The van der Waals surface area contributed by atoms with Gasteiger partial charge in [-0.3, -0.25) is 0 Å². The van der Waals surface area contributed by atoms with Gasteiger partial charge >= 0.3 is 5.68 Å². The molecule has 2 rings (SSSR count). The topological polar surface area (TPSA) is 74.7 Å². The van der Waals surface area contributed by atoms with Crippen LogP contribution < -0.4 is 16.3 Å². The van der Waals surface area contributed by atoms with Gasteiger partial charge in [-0.1, -0.05) is 0 Å². The predicted octanol–water partition coefficient (Wildman–Crippen LogP) is 1.09. The molecule has 0 atom stereocenters. The smallest absolute Gasteiger partial charge is 0.331 e. The van der Waals surface area contributed by atoms with Gasteiger partial charge in [0.15, 0.2) is 11.1 Å². The summed E-state index contributed by atoms with van der Waals surface area (Å²) in [7, 11) is 5.13. The summed E-state index contributed by atoms with van der Waals surface area (Å²) in [4.78, 5) is 3.85. The predicted molar refractivity (Wildman–Crippen MR) is 62.0 cm³/mol. The van der Waals surface area contributed by atoms with E-state index in [1.807, 2.05) is 12.1 Å². The third-order valence-corrected chi connectivity index (χ3v) is 2.45. The van der Waals surface area contributed by atoms with Crippen molar-refractivity contribution in [2.75, 3.05) is 31.8 Å². The molecule has 0 aliphatic carbocycles. The second-order valence-electron chi connectivity index (χ2n) is 3.26. The van der Waals surface area contributed by atoms with Crippen LogP contribution in [0, 0.1) is 0 Å². The third kappa shape index (κ3) is 1.30. The van der Waals surface area contributed by atoms with Crippen molar-refractivity contribution in [3.8, 4) is 0 Å². The third-order valence-electron chi connectivity index (χ3n) is 2.45. The Hall–Kier alpha value is -2.11. The number of benzene rings is 1. The van der Waals surface area contributed by atoms with Crippen molar-refractivity contribution in [1.82, 2.24) is 4.73 Å². The SMILES string of the molecule is CN=c1oc2c(NC)ccc(NC)c2n1O. The summed E-state index contributed by atoms with van der Waals surface area (Å²) in [6, 6.07) is 3.73. The molecular weight excluding hydrogens is 208 g/mol. The van der Waals surface area contributed by atoms with Crippen molar-refractivity contribution in [3.63, 3.8) is 0 Å². The molecule has 3 N–H and O–H groups in total. The van der Waals surface area contributed by atoms with Crippen molar-refractivity contribution in [2.45, 2.75) is 0 Å². The van der Waals surface area contributed by atoms with E-state index >= 15 is 0 Å². The van der Waals surface area contributed by atoms with Crippen LogP contribution in [0.1, 0.15) is 0 Å². The molecule has 0 amide bonds. The number of anilines is 2. The summed E-state index contributed by atoms with van der Waals surface area (Å²) in [5.41, 5.74) is 2.86. The average molecular weight is 222 g/mol. The molecule has 0 spiro atoms. The summed E-state index contributed by atoms with van der Waals surface area (Å²) in [5.74, 6) is 0. The van der Waals surface area contributed by atoms with Gasteiger partial charge in [-0.2, -0.15) is 0 Å². The largest absolute Gasteiger partial charge is 0.423 e. The van der Waals surface area contributed by atoms with E-state index in [0.29, 0.717) is 11.1 Å². The van der Waals surface area contributed by atoms with Crippen molar-refractivity contribution in [1.29, 1.82) is 0 Å². The molecule has 0 aliphatic heterocycles. The van der Waals surface area contributed by atoms with Crippen LogP contribution in [-0.4, -0.2) is 31.1 Å². The highest BCUT2D eigenvalue weighted by Crippen LogP contribution is 2.28. The van der Waals surface area contributed by atoms with Gasteiger partial charge in [0, 0.05) is 21.1 Å². The van der Waals surface area contributed by atoms with Crippen molar-refractivity contribution < 1.29 is 9.62 Å². The van der Waals surface area contributed by atoms with Crippen molar-refractivity contribution in [3.05, 3.63) is 17.8 Å². The Bertz CT molecular complexity index is 582. The molecule has 16 heavy (non-hydrogen) atoms. The normalized spacial score (nSPS) is 12.1. The van der Waals surface area contributed by atoms with Gasteiger partial charge in [-0.15, -0.1) is 4.73 Å². The van der Waals surface area contributed by atoms with Gasteiger partial charge in [0.2, 0.25) is 0 Å². The number of fused-ring (bicyclic) bond motifs is 1. The number of rotatable bonds is 2.